The lowest BCUT2D eigenvalue weighted by atomic mass is 9.99. The number of ether oxygens (including phenoxy) is 3. The van der Waals surface area contributed by atoms with E-state index in [1.807, 2.05) is 0 Å². The van der Waals surface area contributed by atoms with Gasteiger partial charge in [0.05, 0.1) is 6.10 Å². The van der Waals surface area contributed by atoms with Crippen molar-refractivity contribution in [2.45, 2.75) is 43.7 Å². The predicted molar refractivity (Wildman–Crippen MR) is 107 cm³/mol. The minimum Gasteiger partial charge on any atom is -0.508 e. The normalized spacial score (nSPS) is 29.3. The lowest BCUT2D eigenvalue weighted by molar-refractivity contribution is -0.300. The zero-order valence-corrected chi connectivity index (χ0v) is 16.9. The zero-order valence-electron chi connectivity index (χ0n) is 16.9. The van der Waals surface area contributed by atoms with E-state index < -0.39 is 48.3 Å². The Labute approximate surface area is 182 Å². The largest absolute Gasteiger partial charge is 0.508 e. The molecule has 0 bridgehead atoms. The van der Waals surface area contributed by atoms with E-state index in [4.69, 9.17) is 24.4 Å². The third-order valence-corrected chi connectivity index (χ3v) is 4.98. The van der Waals surface area contributed by atoms with Crippen LogP contribution in [-0.4, -0.2) is 84.9 Å². The van der Waals surface area contributed by atoms with E-state index in [0.29, 0.717) is 0 Å². The number of Topliss-reactive ketones (excluding diaryl/α,β-unsaturated/α-hetero) is 1. The van der Waals surface area contributed by atoms with Crippen molar-refractivity contribution in [2.24, 2.45) is 0 Å². The van der Waals surface area contributed by atoms with Crippen LogP contribution in [0.4, 0.5) is 0 Å². The maximum Gasteiger partial charge on any atom is 0.202 e. The first-order valence-electron chi connectivity index (χ1n) is 9.65. The molecule has 0 amide bonds. The van der Waals surface area contributed by atoms with E-state index in [-0.39, 0.29) is 35.2 Å². The summed E-state index contributed by atoms with van der Waals surface area (Å²) in [5.74, 6) is -1.46. The first kappa shape index (κ1) is 23.6. The van der Waals surface area contributed by atoms with Gasteiger partial charge in [-0.25, -0.2) is 0 Å². The van der Waals surface area contributed by atoms with Gasteiger partial charge in [-0.3, -0.25) is 4.79 Å². The van der Waals surface area contributed by atoms with Gasteiger partial charge in [0.2, 0.25) is 5.78 Å². The van der Waals surface area contributed by atoms with Crippen molar-refractivity contribution in [1.29, 1.82) is 0 Å². The number of fused-ring (bicyclic) bond motifs is 1. The van der Waals surface area contributed by atoms with Gasteiger partial charge >= 0.3 is 0 Å². The molecule has 2 aromatic rings. The molecule has 7 N–H and O–H groups in total. The fourth-order valence-electron chi connectivity index (χ4n) is 3.20. The molecule has 0 radical (unpaired) electrons. The van der Waals surface area contributed by atoms with Gasteiger partial charge in [0.25, 0.3) is 0 Å². The van der Waals surface area contributed by atoms with Crippen molar-refractivity contribution in [2.75, 3.05) is 6.61 Å². The molecule has 2 heterocycles. The molecule has 0 spiro atoms. The Balaban J connectivity index is 0.000000305. The maximum atomic E-state index is 12.5. The summed E-state index contributed by atoms with van der Waals surface area (Å²) in [6.45, 7) is 1.26. The number of carbonyl (C=O) groups is 1. The van der Waals surface area contributed by atoms with Crippen molar-refractivity contribution in [3.05, 3.63) is 42.0 Å². The fourth-order valence-corrected chi connectivity index (χ4v) is 3.20. The molecule has 2 aliphatic heterocycles. The Hall–Kier alpha value is -3.09. The second-order valence-corrected chi connectivity index (χ2v) is 7.31. The molecule has 11 nitrogen and oxygen atoms in total. The number of para-hydroxylation sites is 2. The second-order valence-electron chi connectivity index (χ2n) is 7.31. The van der Waals surface area contributed by atoms with Crippen LogP contribution >= 0.6 is 0 Å². The van der Waals surface area contributed by atoms with Gasteiger partial charge in [-0.05, 0) is 19.1 Å². The quantitative estimate of drug-likeness (QED) is 0.304. The Kier molecular flexibility index (Phi) is 7.06. The number of aliphatic hydroxyl groups excluding tert-OH is 3. The molecule has 4 rings (SSSR count). The summed E-state index contributed by atoms with van der Waals surface area (Å²) >= 11 is 0. The van der Waals surface area contributed by atoms with Crippen LogP contribution in [0.15, 0.2) is 36.4 Å². The highest BCUT2D eigenvalue weighted by atomic mass is 16.7. The fraction of sp³-hybridized carbons (Fsp3) is 0.381. The number of benzene rings is 2. The molecular weight excluding hydrogens is 428 g/mol. The van der Waals surface area contributed by atoms with E-state index >= 15 is 0 Å². The summed E-state index contributed by atoms with van der Waals surface area (Å²) in [7, 11) is 0. The van der Waals surface area contributed by atoms with Crippen molar-refractivity contribution in [1.82, 2.24) is 0 Å². The van der Waals surface area contributed by atoms with Crippen LogP contribution in [0.2, 0.25) is 0 Å². The molecule has 11 heteroatoms. The number of hydrogen-bond donors (Lipinski definition) is 7. The molecule has 0 aromatic heterocycles. The molecule has 32 heavy (non-hydrogen) atoms. The lowest BCUT2D eigenvalue weighted by Gasteiger charge is -2.40. The van der Waals surface area contributed by atoms with Gasteiger partial charge in [-0.1, -0.05) is 12.1 Å². The summed E-state index contributed by atoms with van der Waals surface area (Å²) in [6.07, 6.45) is -7.69. The average Bonchev–Trinajstić information content (AvgIpc) is 2.74. The Morgan fingerprint density at radius 1 is 0.906 bits per heavy atom. The highest BCUT2D eigenvalue weighted by molar-refractivity contribution is 6.05. The van der Waals surface area contributed by atoms with Crippen molar-refractivity contribution >= 4 is 5.78 Å². The molecular formula is C21H24O11. The minimum atomic E-state index is -1.56. The predicted octanol–water partition coefficient (Wildman–Crippen LogP) is -0.0166. The number of rotatable bonds is 2. The molecule has 1 fully saturated rings. The van der Waals surface area contributed by atoms with Crippen molar-refractivity contribution in [3.63, 3.8) is 0 Å². The van der Waals surface area contributed by atoms with E-state index in [1.54, 1.807) is 12.1 Å². The number of ketones is 1. The molecule has 0 aliphatic carbocycles. The molecule has 1 saturated heterocycles. The third-order valence-electron chi connectivity index (χ3n) is 4.98. The minimum absolute atomic E-state index is 0.0197. The van der Waals surface area contributed by atoms with Gasteiger partial charge in [-0.15, -0.1) is 0 Å². The van der Waals surface area contributed by atoms with E-state index in [9.17, 15) is 30.3 Å². The Bertz CT molecular complexity index is 942. The van der Waals surface area contributed by atoms with Gasteiger partial charge in [0.15, 0.2) is 23.9 Å². The number of aromatic hydroxyl groups is 4. The van der Waals surface area contributed by atoms with Crippen LogP contribution in [0.5, 0.6) is 28.7 Å². The van der Waals surface area contributed by atoms with E-state index in [0.717, 1.165) is 6.07 Å². The molecule has 6 atom stereocenters. The van der Waals surface area contributed by atoms with Crippen LogP contribution in [0.3, 0.4) is 0 Å². The summed E-state index contributed by atoms with van der Waals surface area (Å²) < 4.78 is 16.0. The van der Waals surface area contributed by atoms with Crippen molar-refractivity contribution in [3.8, 4) is 28.7 Å². The Morgan fingerprint density at radius 3 is 2.12 bits per heavy atom. The maximum absolute atomic E-state index is 12.5. The average molecular weight is 452 g/mol. The van der Waals surface area contributed by atoms with Gasteiger partial charge in [-0.2, -0.15) is 0 Å². The molecule has 6 unspecified atom stereocenters. The van der Waals surface area contributed by atoms with Gasteiger partial charge in [0.1, 0.15) is 47.7 Å². The molecule has 0 saturated carbocycles. The number of hydrogen-bond acceptors (Lipinski definition) is 11. The topological polar surface area (TPSA) is 186 Å². The highest BCUT2D eigenvalue weighted by Crippen LogP contribution is 2.37. The number of aliphatic hydroxyl groups is 3. The summed E-state index contributed by atoms with van der Waals surface area (Å²) in [4.78, 5) is 12.5. The van der Waals surface area contributed by atoms with Crippen LogP contribution in [0.1, 0.15) is 17.3 Å². The Morgan fingerprint density at radius 2 is 1.53 bits per heavy atom. The molecule has 2 aromatic carbocycles. The zero-order chi connectivity index (χ0) is 23.6. The lowest BCUT2D eigenvalue weighted by Crippen LogP contribution is -2.58. The third kappa shape index (κ3) is 4.87. The van der Waals surface area contributed by atoms with Crippen LogP contribution in [0, 0.1) is 0 Å². The number of phenolic OH excluding ortho intramolecular Hbond substituents is 4. The van der Waals surface area contributed by atoms with Crippen LogP contribution in [-0.2, 0) is 9.47 Å². The highest BCUT2D eigenvalue weighted by Gasteiger charge is 2.45. The molecule has 2 aliphatic rings. The van der Waals surface area contributed by atoms with E-state index in [1.165, 1.54) is 25.1 Å². The summed E-state index contributed by atoms with van der Waals surface area (Å²) in [6, 6.07) is 8.34. The smallest absolute Gasteiger partial charge is 0.202 e. The van der Waals surface area contributed by atoms with Crippen LogP contribution in [0.25, 0.3) is 0 Å². The monoisotopic (exact) mass is 452 g/mol. The number of carbonyl (C=O) groups excluding carboxylic acids is 1. The first-order chi connectivity index (χ1) is 15.1. The second kappa shape index (κ2) is 9.59. The summed E-state index contributed by atoms with van der Waals surface area (Å²) in [5, 5.41) is 65.9. The SMILES string of the molecule is CC1OC(OC2COc3cc(O)cc(O)c3C2=O)C(O)C(O)C1O.Oc1ccccc1O. The standard InChI is InChI=1S/C15H18O9.C6H6O2/c1-5-11(18)13(20)14(21)15(23-5)24-9-4-22-8-3-6(16)2-7(17)10(8)12(9)19;7-5-3-1-2-4-6(5)8/h2-3,5,9,11,13-18,20-21H,4H2,1H3;1-4,7-8H. The van der Waals surface area contributed by atoms with Crippen molar-refractivity contribution < 1.29 is 54.8 Å². The van der Waals surface area contributed by atoms with Gasteiger partial charge < -0.3 is 50.0 Å². The summed E-state index contributed by atoms with van der Waals surface area (Å²) in [5.41, 5.74) is -0.150. The molecule has 174 valence electrons. The van der Waals surface area contributed by atoms with Crippen LogP contribution < -0.4 is 4.74 Å². The first-order valence-corrected chi connectivity index (χ1v) is 9.65. The van der Waals surface area contributed by atoms with E-state index in [2.05, 4.69) is 0 Å². The number of phenols is 4. The van der Waals surface area contributed by atoms with Gasteiger partial charge in [0, 0.05) is 12.1 Å².